The van der Waals surface area contributed by atoms with Gasteiger partial charge in [-0.05, 0) is 12.8 Å². The predicted molar refractivity (Wildman–Crippen MR) is 54.2 cm³/mol. The van der Waals surface area contributed by atoms with Crippen molar-refractivity contribution in [1.82, 2.24) is 5.32 Å². The SMILES string of the molecule is COC1CC(NC(=O)C2COCC2N)C1. The van der Waals surface area contributed by atoms with E-state index in [2.05, 4.69) is 5.32 Å². The molecule has 0 aromatic heterocycles. The lowest BCUT2D eigenvalue weighted by atomic mass is 9.88. The van der Waals surface area contributed by atoms with E-state index in [4.69, 9.17) is 15.2 Å². The number of methoxy groups -OCH3 is 1. The third-order valence-corrected chi connectivity index (χ3v) is 3.24. The molecular formula is C10H18N2O3. The van der Waals surface area contributed by atoms with Gasteiger partial charge in [0.05, 0.1) is 25.2 Å². The van der Waals surface area contributed by atoms with Crippen molar-refractivity contribution in [3.05, 3.63) is 0 Å². The van der Waals surface area contributed by atoms with Crippen LogP contribution in [0.3, 0.4) is 0 Å². The van der Waals surface area contributed by atoms with Gasteiger partial charge < -0.3 is 20.5 Å². The van der Waals surface area contributed by atoms with E-state index in [1.165, 1.54) is 0 Å². The van der Waals surface area contributed by atoms with E-state index in [-0.39, 0.29) is 23.9 Å². The van der Waals surface area contributed by atoms with E-state index in [0.717, 1.165) is 12.8 Å². The molecule has 0 spiro atoms. The van der Waals surface area contributed by atoms with Crippen molar-refractivity contribution < 1.29 is 14.3 Å². The number of amides is 1. The molecule has 15 heavy (non-hydrogen) atoms. The summed E-state index contributed by atoms with van der Waals surface area (Å²) in [5, 5.41) is 2.97. The number of rotatable bonds is 3. The van der Waals surface area contributed by atoms with Crippen LogP contribution in [0.5, 0.6) is 0 Å². The average molecular weight is 214 g/mol. The van der Waals surface area contributed by atoms with E-state index in [9.17, 15) is 4.79 Å². The first-order chi connectivity index (χ1) is 7.20. The van der Waals surface area contributed by atoms with Gasteiger partial charge in [-0.15, -0.1) is 0 Å². The van der Waals surface area contributed by atoms with E-state index in [0.29, 0.717) is 19.3 Å². The molecule has 3 N–H and O–H groups in total. The molecule has 2 rings (SSSR count). The highest BCUT2D eigenvalue weighted by atomic mass is 16.5. The molecule has 5 heteroatoms. The van der Waals surface area contributed by atoms with Crippen LogP contribution >= 0.6 is 0 Å². The number of hydrogen-bond acceptors (Lipinski definition) is 4. The third-order valence-electron chi connectivity index (χ3n) is 3.24. The Morgan fingerprint density at radius 2 is 2.20 bits per heavy atom. The van der Waals surface area contributed by atoms with Gasteiger partial charge in [-0.3, -0.25) is 4.79 Å². The van der Waals surface area contributed by atoms with Crippen LogP contribution in [0.2, 0.25) is 0 Å². The molecule has 1 aliphatic heterocycles. The van der Waals surface area contributed by atoms with E-state index < -0.39 is 0 Å². The monoisotopic (exact) mass is 214 g/mol. The first kappa shape index (κ1) is 10.9. The zero-order valence-electron chi connectivity index (χ0n) is 8.94. The summed E-state index contributed by atoms with van der Waals surface area (Å²) in [6.07, 6.45) is 2.12. The Balaban J connectivity index is 1.73. The van der Waals surface area contributed by atoms with Crippen LogP contribution in [0.4, 0.5) is 0 Å². The number of carbonyl (C=O) groups is 1. The molecule has 5 nitrogen and oxygen atoms in total. The molecule has 0 bridgehead atoms. The van der Waals surface area contributed by atoms with Gasteiger partial charge in [0, 0.05) is 19.2 Å². The summed E-state index contributed by atoms with van der Waals surface area (Å²) in [7, 11) is 1.70. The molecule has 0 aromatic carbocycles. The summed E-state index contributed by atoms with van der Waals surface area (Å²) in [6, 6.07) is 0.110. The Kier molecular flexibility index (Phi) is 3.23. The minimum absolute atomic E-state index is 0.0274. The van der Waals surface area contributed by atoms with Crippen molar-refractivity contribution in [2.75, 3.05) is 20.3 Å². The number of hydrogen-bond donors (Lipinski definition) is 2. The minimum atomic E-state index is -0.174. The van der Waals surface area contributed by atoms with Crippen molar-refractivity contribution in [3.63, 3.8) is 0 Å². The molecular weight excluding hydrogens is 196 g/mol. The Morgan fingerprint density at radius 1 is 1.47 bits per heavy atom. The van der Waals surface area contributed by atoms with Gasteiger partial charge in [-0.2, -0.15) is 0 Å². The smallest absolute Gasteiger partial charge is 0.227 e. The van der Waals surface area contributed by atoms with Crippen LogP contribution in [0, 0.1) is 5.92 Å². The molecule has 86 valence electrons. The van der Waals surface area contributed by atoms with Gasteiger partial charge in [0.1, 0.15) is 0 Å². The zero-order valence-corrected chi connectivity index (χ0v) is 8.94. The first-order valence-corrected chi connectivity index (χ1v) is 5.37. The highest BCUT2D eigenvalue weighted by Crippen LogP contribution is 2.23. The van der Waals surface area contributed by atoms with Crippen molar-refractivity contribution in [1.29, 1.82) is 0 Å². The molecule has 2 fully saturated rings. The molecule has 1 saturated heterocycles. The minimum Gasteiger partial charge on any atom is -0.381 e. The quantitative estimate of drug-likeness (QED) is 0.648. The molecule has 0 radical (unpaired) electrons. The van der Waals surface area contributed by atoms with Crippen LogP contribution in [-0.2, 0) is 14.3 Å². The normalized spacial score (nSPS) is 39.9. The molecule has 1 aliphatic carbocycles. The maximum atomic E-state index is 11.7. The Morgan fingerprint density at radius 3 is 2.73 bits per heavy atom. The molecule has 1 amide bonds. The summed E-state index contributed by atoms with van der Waals surface area (Å²) >= 11 is 0. The van der Waals surface area contributed by atoms with Gasteiger partial charge in [0.2, 0.25) is 5.91 Å². The maximum absolute atomic E-state index is 11.7. The van der Waals surface area contributed by atoms with Crippen LogP contribution < -0.4 is 11.1 Å². The second-order valence-electron chi connectivity index (χ2n) is 4.34. The lowest BCUT2D eigenvalue weighted by Gasteiger charge is -2.35. The molecule has 1 saturated carbocycles. The number of nitrogens with two attached hydrogens (primary N) is 1. The lowest BCUT2D eigenvalue weighted by Crippen LogP contribution is -2.51. The van der Waals surface area contributed by atoms with Crippen molar-refractivity contribution in [2.24, 2.45) is 11.7 Å². The number of ether oxygens (including phenoxy) is 2. The molecule has 1 heterocycles. The first-order valence-electron chi connectivity index (χ1n) is 5.37. The largest absolute Gasteiger partial charge is 0.381 e. The van der Waals surface area contributed by atoms with Gasteiger partial charge in [-0.25, -0.2) is 0 Å². The fourth-order valence-electron chi connectivity index (χ4n) is 2.03. The fraction of sp³-hybridized carbons (Fsp3) is 0.900. The molecule has 2 atom stereocenters. The van der Waals surface area contributed by atoms with Crippen molar-refractivity contribution >= 4 is 5.91 Å². The molecule has 2 aliphatic rings. The van der Waals surface area contributed by atoms with Crippen molar-refractivity contribution in [3.8, 4) is 0 Å². The zero-order chi connectivity index (χ0) is 10.8. The summed E-state index contributed by atoms with van der Waals surface area (Å²) in [5.41, 5.74) is 5.76. The van der Waals surface area contributed by atoms with E-state index >= 15 is 0 Å². The summed E-state index contributed by atoms with van der Waals surface area (Å²) in [4.78, 5) is 11.7. The predicted octanol–water partition coefficient (Wildman–Crippen LogP) is -0.746. The van der Waals surface area contributed by atoms with Crippen molar-refractivity contribution in [2.45, 2.75) is 31.0 Å². The fourth-order valence-corrected chi connectivity index (χ4v) is 2.03. The van der Waals surface area contributed by atoms with Crippen LogP contribution in [0.15, 0.2) is 0 Å². The van der Waals surface area contributed by atoms with Crippen LogP contribution in [0.1, 0.15) is 12.8 Å². The van der Waals surface area contributed by atoms with E-state index in [1.54, 1.807) is 7.11 Å². The average Bonchev–Trinajstić information content (AvgIpc) is 2.56. The Labute approximate surface area is 89.3 Å². The second-order valence-corrected chi connectivity index (χ2v) is 4.34. The van der Waals surface area contributed by atoms with Crippen LogP contribution in [0.25, 0.3) is 0 Å². The highest BCUT2D eigenvalue weighted by molar-refractivity contribution is 5.80. The summed E-state index contributed by atoms with van der Waals surface area (Å²) in [5.74, 6) is -0.147. The van der Waals surface area contributed by atoms with Gasteiger partial charge >= 0.3 is 0 Å². The second kappa shape index (κ2) is 4.47. The van der Waals surface area contributed by atoms with Gasteiger partial charge in [0.15, 0.2) is 0 Å². The lowest BCUT2D eigenvalue weighted by molar-refractivity contribution is -0.127. The highest BCUT2D eigenvalue weighted by Gasteiger charge is 2.35. The molecule has 0 aromatic rings. The Bertz CT molecular complexity index is 241. The molecule has 2 unspecified atom stereocenters. The standard InChI is InChI=1S/C10H18N2O3/c1-14-7-2-6(3-7)12-10(13)8-4-15-5-9(8)11/h6-9H,2-5,11H2,1H3,(H,12,13). The maximum Gasteiger partial charge on any atom is 0.227 e. The summed E-state index contributed by atoms with van der Waals surface area (Å²) < 4.78 is 10.3. The summed E-state index contributed by atoms with van der Waals surface area (Å²) in [6.45, 7) is 0.941. The Hall–Kier alpha value is -0.650. The van der Waals surface area contributed by atoms with E-state index in [1.807, 2.05) is 0 Å². The third kappa shape index (κ3) is 2.30. The van der Waals surface area contributed by atoms with Crippen LogP contribution in [-0.4, -0.2) is 44.4 Å². The van der Waals surface area contributed by atoms with Gasteiger partial charge in [-0.1, -0.05) is 0 Å². The number of nitrogens with one attached hydrogen (secondary N) is 1. The van der Waals surface area contributed by atoms with Gasteiger partial charge in [0.25, 0.3) is 0 Å². The topological polar surface area (TPSA) is 73.6 Å². The number of carbonyl (C=O) groups excluding carboxylic acids is 1.